The van der Waals surface area contributed by atoms with Crippen molar-refractivity contribution in [2.24, 2.45) is 5.16 Å². The van der Waals surface area contributed by atoms with E-state index in [1.165, 1.54) is 6.07 Å². The number of halogens is 3. The number of hydrogen-bond acceptors (Lipinski definition) is 3. The van der Waals surface area contributed by atoms with Crippen LogP contribution >= 0.6 is 0 Å². The van der Waals surface area contributed by atoms with Gasteiger partial charge in [-0.1, -0.05) is 66.7 Å². The Bertz CT molecular complexity index is 1210. The Hall–Kier alpha value is -3.65. The number of aliphatic hydroxyl groups excluding tert-OH is 1. The van der Waals surface area contributed by atoms with Gasteiger partial charge in [-0.25, -0.2) is 0 Å². The predicted octanol–water partition coefficient (Wildman–Crippen LogP) is 6.42. The molecule has 0 aliphatic rings. The number of carboxylic acids is 1. The van der Waals surface area contributed by atoms with Crippen molar-refractivity contribution >= 4 is 11.7 Å². The third-order valence-corrected chi connectivity index (χ3v) is 5.75. The fourth-order valence-corrected chi connectivity index (χ4v) is 3.82. The van der Waals surface area contributed by atoms with Crippen LogP contribution in [0.4, 0.5) is 13.2 Å². The minimum absolute atomic E-state index is 0.0904. The number of aryl methyl sites for hydroxylation is 1. The number of rotatable bonds is 11. The zero-order valence-corrected chi connectivity index (χ0v) is 20.3. The number of carboxylic acid groups (broad SMARTS) is 1. The Morgan fingerprint density at radius 2 is 1.78 bits per heavy atom. The monoisotopic (exact) mass is 499 g/mol. The van der Waals surface area contributed by atoms with E-state index < -0.39 is 17.7 Å². The van der Waals surface area contributed by atoms with E-state index >= 15 is 0 Å². The van der Waals surface area contributed by atoms with Gasteiger partial charge in [0.05, 0.1) is 11.3 Å². The van der Waals surface area contributed by atoms with Gasteiger partial charge in [0.1, 0.15) is 13.0 Å². The van der Waals surface area contributed by atoms with Crippen LogP contribution in [0.2, 0.25) is 0 Å². The number of nitrogens with zero attached hydrogens (tertiary/aromatic N) is 1. The molecular weight excluding hydrogens is 469 g/mol. The van der Waals surface area contributed by atoms with Gasteiger partial charge in [0.25, 0.3) is 0 Å². The normalized spacial score (nSPS) is 12.0. The fraction of sp³-hybridized carbons (Fsp3) is 0.286. The summed E-state index contributed by atoms with van der Waals surface area (Å²) < 4.78 is 41.2. The van der Waals surface area contributed by atoms with Gasteiger partial charge >= 0.3 is 12.1 Å². The molecule has 0 heterocycles. The van der Waals surface area contributed by atoms with Gasteiger partial charge in [0.15, 0.2) is 0 Å². The van der Waals surface area contributed by atoms with Gasteiger partial charge in [-0.05, 0) is 58.9 Å². The van der Waals surface area contributed by atoms with E-state index in [0.717, 1.165) is 29.2 Å². The van der Waals surface area contributed by atoms with Crippen LogP contribution in [0.1, 0.15) is 48.1 Å². The molecule has 0 spiro atoms. The van der Waals surface area contributed by atoms with Crippen molar-refractivity contribution in [2.75, 3.05) is 6.54 Å². The molecule has 3 aromatic carbocycles. The molecule has 3 N–H and O–H groups in total. The van der Waals surface area contributed by atoms with Crippen LogP contribution < -0.4 is 5.32 Å². The van der Waals surface area contributed by atoms with Crippen LogP contribution in [-0.4, -0.2) is 28.1 Å². The highest BCUT2D eigenvalue weighted by atomic mass is 19.4. The minimum atomic E-state index is -4.50. The number of oxime groups is 1. The number of hydrogen-bond donors (Lipinski definition) is 2. The van der Waals surface area contributed by atoms with E-state index in [2.05, 4.69) is 10.5 Å². The largest absolute Gasteiger partial charge is 0.481 e. The zero-order chi connectivity index (χ0) is 26.1. The summed E-state index contributed by atoms with van der Waals surface area (Å²) in [5.74, 6) is -0.595. The van der Waals surface area contributed by atoms with E-state index in [0.29, 0.717) is 29.9 Å². The first-order chi connectivity index (χ1) is 17.2. The molecule has 0 saturated heterocycles. The highest BCUT2D eigenvalue weighted by molar-refractivity contribution is 5.98. The first-order valence-electron chi connectivity index (χ1n) is 11.7. The Morgan fingerprint density at radius 3 is 2.44 bits per heavy atom. The molecule has 0 aliphatic heterocycles. The molecule has 3 rings (SSSR count). The smallest absolute Gasteiger partial charge is 0.391 e. The maximum absolute atomic E-state index is 13.7. The Labute approximate surface area is 208 Å². The molecular formula is C28H30F3N2O3+. The van der Waals surface area contributed by atoms with Gasteiger partial charge in [-0.15, -0.1) is 0 Å². The average molecular weight is 500 g/mol. The first-order valence-corrected chi connectivity index (χ1v) is 11.7. The summed E-state index contributed by atoms with van der Waals surface area (Å²) in [7, 11) is 0. The molecule has 5 nitrogen and oxygen atoms in total. The molecule has 0 fully saturated rings. The highest BCUT2D eigenvalue weighted by Crippen LogP contribution is 2.37. The maximum atomic E-state index is 13.7. The second-order valence-electron chi connectivity index (χ2n) is 8.37. The summed E-state index contributed by atoms with van der Waals surface area (Å²) in [6, 6.07) is 18.6. The number of alkyl halides is 3. The van der Waals surface area contributed by atoms with Gasteiger partial charge < -0.3 is 20.1 Å². The van der Waals surface area contributed by atoms with Crippen LogP contribution in [0.5, 0.6) is 0 Å². The number of aliphatic carboxylic acids is 1. The van der Waals surface area contributed by atoms with Crippen LogP contribution in [-0.2, 0) is 30.6 Å². The van der Waals surface area contributed by atoms with E-state index in [1.54, 1.807) is 43.3 Å². The predicted molar refractivity (Wildman–Crippen MR) is 136 cm³/mol. The minimum Gasteiger partial charge on any atom is -0.391 e. The van der Waals surface area contributed by atoms with E-state index in [9.17, 15) is 13.2 Å². The lowest BCUT2D eigenvalue weighted by atomic mass is 9.97. The summed E-state index contributed by atoms with van der Waals surface area (Å²) in [6.07, 6.45) is -3.53. The topological polar surface area (TPSA) is 75.2 Å². The molecule has 0 atom stereocenters. The fourth-order valence-electron chi connectivity index (χ4n) is 3.82. The lowest BCUT2D eigenvalue weighted by Crippen LogP contribution is -2.18. The number of nitrogens with one attached hydrogen (secondary N) is 1. The van der Waals surface area contributed by atoms with Crippen molar-refractivity contribution < 1.29 is 27.9 Å². The van der Waals surface area contributed by atoms with Crippen LogP contribution in [0, 0.1) is 0 Å². The first kappa shape index (κ1) is 26.9. The van der Waals surface area contributed by atoms with Crippen LogP contribution in [0.15, 0.2) is 71.9 Å². The Balaban J connectivity index is 1.69. The maximum Gasteiger partial charge on any atom is 0.481 e. The van der Waals surface area contributed by atoms with Gasteiger partial charge in [0.2, 0.25) is 0 Å². The third-order valence-electron chi connectivity index (χ3n) is 5.75. The van der Waals surface area contributed by atoms with Crippen molar-refractivity contribution in [2.45, 2.75) is 46.0 Å². The molecule has 0 amide bonds. The Morgan fingerprint density at radius 1 is 1.03 bits per heavy atom. The quantitative estimate of drug-likeness (QED) is 0.138. The summed E-state index contributed by atoms with van der Waals surface area (Å²) in [5, 5.41) is 16.1. The second kappa shape index (κ2) is 12.4. The standard InChI is InChI=1S/C28H29F3N2O3/c1-3-21-16-23(10-11-24(21)17-32-14-13-27(34)35)19(2)33-36-18-20-9-12-25(22-7-5-4-6-8-22)26(15-20)28(29,30)31/h4-12,15-16,32H,3,13-14,17-18H2,1-2H3,(H,34,35)/p+1/b33-19+. The average Bonchev–Trinajstić information content (AvgIpc) is 2.86. The molecule has 0 saturated carbocycles. The molecule has 0 aromatic heterocycles. The summed E-state index contributed by atoms with van der Waals surface area (Å²) >= 11 is 0. The van der Waals surface area contributed by atoms with Crippen molar-refractivity contribution in [3.63, 3.8) is 0 Å². The zero-order valence-electron chi connectivity index (χ0n) is 20.3. The molecule has 0 radical (unpaired) electrons. The number of benzene rings is 3. The highest BCUT2D eigenvalue weighted by Gasteiger charge is 2.34. The van der Waals surface area contributed by atoms with Gasteiger partial charge in [-0.2, -0.15) is 13.2 Å². The van der Waals surface area contributed by atoms with Crippen molar-refractivity contribution in [1.29, 1.82) is 0 Å². The Kier molecular flexibility index (Phi) is 9.25. The molecule has 0 bridgehead atoms. The third kappa shape index (κ3) is 7.42. The molecule has 36 heavy (non-hydrogen) atoms. The van der Waals surface area contributed by atoms with Crippen LogP contribution in [0.25, 0.3) is 11.1 Å². The molecule has 190 valence electrons. The summed E-state index contributed by atoms with van der Waals surface area (Å²) in [5.41, 5.74) is 3.96. The van der Waals surface area contributed by atoms with Gasteiger partial charge in [0, 0.05) is 13.1 Å². The van der Waals surface area contributed by atoms with Gasteiger partial charge in [-0.3, -0.25) is 0 Å². The molecule has 0 unspecified atom stereocenters. The van der Waals surface area contributed by atoms with E-state index in [-0.39, 0.29) is 18.6 Å². The molecule has 0 aliphatic carbocycles. The lowest BCUT2D eigenvalue weighted by molar-refractivity contribution is -0.137. The second-order valence-corrected chi connectivity index (χ2v) is 8.37. The van der Waals surface area contributed by atoms with E-state index in [4.69, 9.17) is 14.7 Å². The van der Waals surface area contributed by atoms with Crippen molar-refractivity contribution in [3.05, 3.63) is 94.5 Å². The summed E-state index contributed by atoms with van der Waals surface area (Å²) in [6.45, 7) is 4.77. The van der Waals surface area contributed by atoms with Crippen molar-refractivity contribution in [3.8, 4) is 11.1 Å². The summed E-state index contributed by atoms with van der Waals surface area (Å²) in [4.78, 5) is 14.3. The van der Waals surface area contributed by atoms with Crippen molar-refractivity contribution in [1.82, 2.24) is 5.32 Å². The van der Waals surface area contributed by atoms with Crippen LogP contribution in [0.3, 0.4) is 0 Å². The SMILES string of the molecule is CCc1cc(/C(C)=N/OCc2ccc(-c3ccccc3)c(C(F)(F)F)c2)ccc1CNCCC(O)=[OH+]. The lowest BCUT2D eigenvalue weighted by Gasteiger charge is -2.15. The molecule has 3 aromatic rings. The molecule has 8 heteroatoms. The van der Waals surface area contributed by atoms with E-state index in [1.807, 2.05) is 25.1 Å².